The number of alkyl halides is 3. The summed E-state index contributed by atoms with van der Waals surface area (Å²) in [5.74, 6) is -1.91. The normalized spacial score (nSPS) is 19.4. The number of nitrogens with zero attached hydrogens (tertiary/aromatic N) is 4. The van der Waals surface area contributed by atoms with E-state index < -0.39 is 34.6 Å². The van der Waals surface area contributed by atoms with E-state index in [2.05, 4.69) is 10.2 Å². The number of imide groups is 1. The van der Waals surface area contributed by atoms with Crippen molar-refractivity contribution in [3.05, 3.63) is 88.7 Å². The second kappa shape index (κ2) is 15.9. The first-order chi connectivity index (χ1) is 26.0. The predicted molar refractivity (Wildman–Crippen MR) is 199 cm³/mol. The molecule has 3 aliphatic rings. The lowest BCUT2D eigenvalue weighted by Crippen LogP contribution is -2.44. The number of carbonyl (C=O) groups is 4. The van der Waals surface area contributed by atoms with Gasteiger partial charge in [-0.15, -0.1) is 0 Å². The van der Waals surface area contributed by atoms with E-state index in [1.165, 1.54) is 49.1 Å². The molecule has 1 unspecified atom stereocenters. The molecule has 1 N–H and O–H groups in total. The number of thiocarbonyl (C=S) groups is 1. The molecule has 6 rings (SSSR count). The van der Waals surface area contributed by atoms with Gasteiger partial charge in [-0.1, -0.05) is 24.3 Å². The van der Waals surface area contributed by atoms with Gasteiger partial charge in [0.2, 0.25) is 11.8 Å². The third-order valence-electron chi connectivity index (χ3n) is 10.3. The van der Waals surface area contributed by atoms with Gasteiger partial charge in [0.05, 0.1) is 36.0 Å². The number of likely N-dealkylation sites (tertiary alicyclic amines) is 1. The Balaban J connectivity index is 1.00. The Labute approximate surface area is 321 Å². The molecule has 3 saturated heterocycles. The minimum atomic E-state index is -4.84. The number of anilines is 2. The molecular formula is C40H39F4N5O5S. The molecule has 1 atom stereocenters. The van der Waals surface area contributed by atoms with E-state index in [1.54, 1.807) is 0 Å². The van der Waals surface area contributed by atoms with Crippen LogP contribution in [0.3, 0.4) is 0 Å². The quantitative estimate of drug-likeness (QED) is 0.139. The lowest BCUT2D eigenvalue weighted by molar-refractivity contribution is -0.138. The maximum absolute atomic E-state index is 15.5. The summed E-state index contributed by atoms with van der Waals surface area (Å²) in [5, 5.41) is 11.4. The molecule has 3 aromatic carbocycles. The lowest BCUT2D eigenvalue weighted by atomic mass is 9.90. The van der Waals surface area contributed by atoms with Crippen molar-refractivity contribution in [3.63, 3.8) is 0 Å². The summed E-state index contributed by atoms with van der Waals surface area (Å²) >= 11 is 5.56. The van der Waals surface area contributed by atoms with Crippen LogP contribution in [0, 0.1) is 29.0 Å². The summed E-state index contributed by atoms with van der Waals surface area (Å²) in [5.41, 5.74) is -1.31. The molecule has 10 nitrogen and oxygen atoms in total. The second-order valence-electron chi connectivity index (χ2n) is 14.7. The van der Waals surface area contributed by atoms with Crippen LogP contribution in [0.25, 0.3) is 0 Å². The number of hydrogen-bond donors (Lipinski definition) is 1. The Morgan fingerprint density at radius 2 is 1.71 bits per heavy atom. The van der Waals surface area contributed by atoms with E-state index in [9.17, 15) is 37.6 Å². The Kier molecular flexibility index (Phi) is 11.4. The average molecular weight is 778 g/mol. The van der Waals surface area contributed by atoms with Gasteiger partial charge in [0.25, 0.3) is 5.91 Å². The summed E-state index contributed by atoms with van der Waals surface area (Å²) in [6, 6.07) is 16.2. The number of amides is 3. The number of ketones is 1. The van der Waals surface area contributed by atoms with Crippen LogP contribution in [-0.2, 0) is 38.2 Å². The third kappa shape index (κ3) is 8.71. The number of nitrogens with one attached hydrogen (secondary N) is 1. The third-order valence-corrected chi connectivity index (χ3v) is 10.7. The number of rotatable bonds is 11. The first-order valence-electron chi connectivity index (χ1n) is 17.9. The van der Waals surface area contributed by atoms with E-state index in [-0.39, 0.29) is 64.7 Å². The monoisotopic (exact) mass is 777 g/mol. The van der Waals surface area contributed by atoms with E-state index in [1.807, 2.05) is 24.3 Å². The van der Waals surface area contributed by atoms with Gasteiger partial charge in [0, 0.05) is 30.5 Å². The minimum absolute atomic E-state index is 0.00536. The molecule has 0 aliphatic carbocycles. The highest BCUT2D eigenvalue weighted by Crippen LogP contribution is 2.40. The zero-order valence-electron chi connectivity index (χ0n) is 30.2. The number of halogens is 4. The summed E-state index contributed by atoms with van der Waals surface area (Å²) in [7, 11) is 0. The first-order valence-corrected chi connectivity index (χ1v) is 18.3. The molecule has 3 heterocycles. The molecule has 288 valence electrons. The fourth-order valence-corrected chi connectivity index (χ4v) is 7.86. The summed E-state index contributed by atoms with van der Waals surface area (Å²) in [6.07, 6.45) is -1.74. The van der Waals surface area contributed by atoms with E-state index in [0.29, 0.717) is 45.0 Å². The van der Waals surface area contributed by atoms with Crippen molar-refractivity contribution in [1.29, 1.82) is 5.26 Å². The molecule has 0 saturated carbocycles. The topological polar surface area (TPSA) is 123 Å². The van der Waals surface area contributed by atoms with Crippen LogP contribution < -0.4 is 19.9 Å². The van der Waals surface area contributed by atoms with Crippen LogP contribution in [0.2, 0.25) is 0 Å². The number of carbonyl (C=O) groups excluding carboxylic acids is 4. The summed E-state index contributed by atoms with van der Waals surface area (Å²) < 4.78 is 62.4. The van der Waals surface area contributed by atoms with Crippen LogP contribution >= 0.6 is 12.2 Å². The molecular weight excluding hydrogens is 739 g/mol. The summed E-state index contributed by atoms with van der Waals surface area (Å²) in [4.78, 5) is 54.5. The Morgan fingerprint density at radius 1 is 1.00 bits per heavy atom. The number of Topliss-reactive ketones (excluding diaryl/α,β-unsaturated/α-hetero) is 1. The van der Waals surface area contributed by atoms with Gasteiger partial charge in [-0.05, 0) is 112 Å². The zero-order chi connectivity index (χ0) is 39.7. The first kappa shape index (κ1) is 39.5. The maximum Gasteiger partial charge on any atom is 0.417 e. The van der Waals surface area contributed by atoms with Crippen molar-refractivity contribution >= 4 is 52.2 Å². The Bertz CT molecular complexity index is 2070. The molecule has 3 amide bonds. The van der Waals surface area contributed by atoms with Crippen LogP contribution in [0.15, 0.2) is 60.7 Å². The highest BCUT2D eigenvalue weighted by molar-refractivity contribution is 7.81. The van der Waals surface area contributed by atoms with Gasteiger partial charge >= 0.3 is 6.18 Å². The van der Waals surface area contributed by atoms with Crippen LogP contribution in [-0.4, -0.2) is 65.3 Å². The van der Waals surface area contributed by atoms with Gasteiger partial charge in [-0.3, -0.25) is 34.3 Å². The SMILES string of the molecule is CC1(C)C(=O)N(c2ccc(C#N)c(C(F)(F)F)c2)C(=S)N1c1ccc(OCC2CCN(CC(=O)Cc3cccc(CC4CCC(=O)NC4=O)c3)CC2)c(F)c1. The van der Waals surface area contributed by atoms with Crippen LogP contribution in [0.1, 0.15) is 61.8 Å². The summed E-state index contributed by atoms with van der Waals surface area (Å²) in [6.45, 7) is 4.95. The maximum atomic E-state index is 15.5. The zero-order valence-corrected chi connectivity index (χ0v) is 31.1. The van der Waals surface area contributed by atoms with E-state index in [0.717, 1.165) is 34.9 Å². The van der Waals surface area contributed by atoms with E-state index in [4.69, 9.17) is 17.0 Å². The molecule has 0 aromatic heterocycles. The molecule has 3 fully saturated rings. The van der Waals surface area contributed by atoms with Crippen LogP contribution in [0.4, 0.5) is 28.9 Å². The van der Waals surface area contributed by atoms with Gasteiger partial charge in [0.1, 0.15) is 5.54 Å². The molecule has 3 aliphatic heterocycles. The Hall–Kier alpha value is -5.20. The molecule has 0 radical (unpaired) electrons. The van der Waals surface area contributed by atoms with Gasteiger partial charge in [0.15, 0.2) is 22.5 Å². The van der Waals surface area contributed by atoms with Crippen molar-refractivity contribution in [2.75, 3.05) is 36.0 Å². The van der Waals surface area contributed by atoms with Crippen molar-refractivity contribution in [2.45, 2.75) is 64.1 Å². The van der Waals surface area contributed by atoms with Crippen molar-refractivity contribution in [3.8, 4) is 11.8 Å². The number of ether oxygens (including phenoxy) is 1. The van der Waals surface area contributed by atoms with Gasteiger partial charge in [-0.2, -0.15) is 18.4 Å². The molecule has 3 aromatic rings. The van der Waals surface area contributed by atoms with Crippen molar-refractivity contribution in [1.82, 2.24) is 10.2 Å². The molecule has 55 heavy (non-hydrogen) atoms. The van der Waals surface area contributed by atoms with E-state index >= 15 is 4.39 Å². The van der Waals surface area contributed by atoms with Gasteiger partial charge in [-0.25, -0.2) is 4.39 Å². The average Bonchev–Trinajstić information content (AvgIpc) is 3.31. The smallest absolute Gasteiger partial charge is 0.417 e. The largest absolute Gasteiger partial charge is 0.490 e. The fraction of sp³-hybridized carbons (Fsp3) is 0.400. The lowest BCUT2D eigenvalue weighted by Gasteiger charge is -2.31. The molecule has 0 spiro atoms. The standard InChI is InChI=1S/C40H39F4N5O5S/c1-39(2)37(53)48(29-8-6-28(21-45)32(19-29)40(42,43)44)38(55)49(39)30-9-10-34(33(41)20-30)54-23-24-12-14-47(15-13-24)22-31(50)18-26-5-3-4-25(16-26)17-27-7-11-35(51)46-36(27)52/h3-6,8-10,16,19-20,24,27H,7,11-15,17-18,22-23H2,1-2H3,(H,46,51,52). The second-order valence-corrected chi connectivity index (χ2v) is 15.1. The van der Waals surface area contributed by atoms with Gasteiger partial charge < -0.3 is 9.64 Å². The Morgan fingerprint density at radius 3 is 2.38 bits per heavy atom. The van der Waals surface area contributed by atoms with Crippen molar-refractivity contribution in [2.24, 2.45) is 11.8 Å². The number of benzene rings is 3. The number of nitriles is 1. The van der Waals surface area contributed by atoms with Crippen molar-refractivity contribution < 1.29 is 41.5 Å². The highest BCUT2D eigenvalue weighted by Gasteiger charge is 2.51. The number of hydrogen-bond acceptors (Lipinski definition) is 8. The number of piperidine rings is 2. The highest BCUT2D eigenvalue weighted by atomic mass is 32.1. The predicted octanol–water partition coefficient (Wildman–Crippen LogP) is 6.13. The molecule has 15 heteroatoms. The minimum Gasteiger partial charge on any atom is -0.490 e. The molecule has 0 bridgehead atoms. The van der Waals surface area contributed by atoms with Crippen LogP contribution in [0.5, 0.6) is 5.75 Å². The fourth-order valence-electron chi connectivity index (χ4n) is 7.34.